The van der Waals surface area contributed by atoms with Crippen LogP contribution in [0.1, 0.15) is 22.3 Å². The molecule has 1 aliphatic heterocycles. The Morgan fingerprint density at radius 1 is 1.19 bits per heavy atom. The molecule has 1 fully saturated rings. The molecule has 43 heavy (non-hydrogen) atoms. The number of nitrogens with two attached hydrogens (primary N) is 1. The van der Waals surface area contributed by atoms with Gasteiger partial charge in [-0.3, -0.25) is 14.0 Å². The second-order valence-electron chi connectivity index (χ2n) is 10.3. The Balaban J connectivity index is 1.22. The number of nitrogens with one attached hydrogen (secondary N) is 4. The molecule has 3 heterocycles. The minimum atomic E-state index is -1.09. The number of carbonyl (C=O) groups excluding carboxylic acids is 2. The van der Waals surface area contributed by atoms with Crippen molar-refractivity contribution in [2.24, 2.45) is 5.73 Å². The van der Waals surface area contributed by atoms with Gasteiger partial charge in [0.05, 0.1) is 31.1 Å². The highest BCUT2D eigenvalue weighted by Gasteiger charge is 2.28. The number of hydrogen-bond acceptors (Lipinski definition) is 9. The number of anilines is 2. The van der Waals surface area contributed by atoms with Crippen LogP contribution in [0.5, 0.6) is 5.75 Å². The van der Waals surface area contributed by atoms with Crippen molar-refractivity contribution in [1.29, 1.82) is 0 Å². The molecule has 226 valence electrons. The quantitative estimate of drug-likeness (QED) is 0.160. The molecule has 14 heteroatoms. The standard InChI is InChI=1S/C29H32F2N8O4/c1-15-9-17(3-4-19(15)28(41)36-11-16(32)12-37-29(42)21-10-18(40)13-34-21)38-26-27-35-14-22(39(27)8-7-33-26)20-5-6-23(43-2)25(31)24(20)30/h3-9,14,16,18,21,34,40H,10-13,32H2,1-2H3,(H,33,38)(H,36,41)(H,37,42)/t16-,18?,21?/m1/s1. The molecule has 0 spiro atoms. The zero-order valence-corrected chi connectivity index (χ0v) is 23.5. The average Bonchev–Trinajstić information content (AvgIpc) is 3.63. The zero-order valence-electron chi connectivity index (χ0n) is 23.5. The first-order valence-corrected chi connectivity index (χ1v) is 13.6. The number of fused-ring (bicyclic) bond motifs is 1. The van der Waals surface area contributed by atoms with Crippen LogP contribution in [-0.4, -0.2) is 76.2 Å². The van der Waals surface area contributed by atoms with Crippen molar-refractivity contribution in [1.82, 2.24) is 30.3 Å². The third kappa shape index (κ3) is 6.40. The van der Waals surface area contributed by atoms with Gasteiger partial charge in [-0.25, -0.2) is 14.4 Å². The van der Waals surface area contributed by atoms with E-state index < -0.39 is 29.8 Å². The molecule has 2 aromatic heterocycles. The minimum Gasteiger partial charge on any atom is -0.494 e. The summed E-state index contributed by atoms with van der Waals surface area (Å²) in [4.78, 5) is 33.7. The van der Waals surface area contributed by atoms with Crippen LogP contribution >= 0.6 is 0 Å². The highest BCUT2D eigenvalue weighted by Crippen LogP contribution is 2.31. The first-order chi connectivity index (χ1) is 20.7. The Hall–Kier alpha value is -4.66. The number of aliphatic hydroxyl groups excluding tert-OH is 1. The number of amides is 2. The van der Waals surface area contributed by atoms with Gasteiger partial charge in [-0.15, -0.1) is 0 Å². The number of rotatable bonds is 10. The Morgan fingerprint density at radius 2 is 1.98 bits per heavy atom. The third-order valence-electron chi connectivity index (χ3n) is 7.19. The summed E-state index contributed by atoms with van der Waals surface area (Å²) in [7, 11) is 1.26. The lowest BCUT2D eigenvalue weighted by Gasteiger charge is -2.17. The summed E-state index contributed by atoms with van der Waals surface area (Å²) in [6.07, 6.45) is 4.33. The largest absolute Gasteiger partial charge is 0.494 e. The molecule has 12 nitrogen and oxygen atoms in total. The molecule has 1 aliphatic rings. The van der Waals surface area contributed by atoms with Gasteiger partial charge < -0.3 is 36.8 Å². The fourth-order valence-electron chi connectivity index (χ4n) is 4.89. The number of β-amino-alcohol motifs (C(OH)–C–C–N with tert-alkyl or cyclic N) is 1. The Bertz CT molecular complexity index is 1660. The fraction of sp³-hybridized carbons (Fsp3) is 0.310. The van der Waals surface area contributed by atoms with Crippen LogP contribution in [0.3, 0.4) is 0 Å². The van der Waals surface area contributed by atoms with Crippen LogP contribution in [0.4, 0.5) is 20.3 Å². The number of ether oxygens (including phenoxy) is 1. The summed E-state index contributed by atoms with van der Waals surface area (Å²) in [5, 5.41) is 21.2. The van der Waals surface area contributed by atoms with Gasteiger partial charge in [-0.1, -0.05) is 0 Å². The lowest BCUT2D eigenvalue weighted by molar-refractivity contribution is -0.123. The Labute approximate surface area is 245 Å². The van der Waals surface area contributed by atoms with Crippen molar-refractivity contribution >= 4 is 29.0 Å². The number of aryl methyl sites for hydroxylation is 1. The SMILES string of the molecule is COc1ccc(-c2cnc3c(Nc4ccc(C(=O)NC[C@@H](N)CNC(=O)C5CC(O)CN5)c(C)c4)nccn23)c(F)c1F. The molecular formula is C29H32F2N8O4. The minimum absolute atomic E-state index is 0.0157. The van der Waals surface area contributed by atoms with Crippen LogP contribution < -0.4 is 31.7 Å². The van der Waals surface area contributed by atoms with Crippen molar-refractivity contribution in [3.8, 4) is 17.0 Å². The van der Waals surface area contributed by atoms with Gasteiger partial charge in [0.2, 0.25) is 11.7 Å². The number of halogens is 2. The van der Waals surface area contributed by atoms with Gasteiger partial charge >= 0.3 is 0 Å². The average molecular weight is 595 g/mol. The normalized spacial score (nSPS) is 17.1. The van der Waals surface area contributed by atoms with Crippen LogP contribution in [0, 0.1) is 18.6 Å². The fourth-order valence-corrected chi connectivity index (χ4v) is 4.89. The molecule has 0 saturated carbocycles. The number of nitrogens with zero attached hydrogens (tertiary/aromatic N) is 3. The topological polar surface area (TPSA) is 168 Å². The second-order valence-corrected chi connectivity index (χ2v) is 10.3. The van der Waals surface area contributed by atoms with Crippen molar-refractivity contribution in [3.05, 3.63) is 71.7 Å². The molecule has 5 rings (SSSR count). The molecule has 0 aliphatic carbocycles. The summed E-state index contributed by atoms with van der Waals surface area (Å²) in [5.74, 6) is -2.53. The molecule has 2 unspecified atom stereocenters. The Morgan fingerprint density at radius 3 is 2.70 bits per heavy atom. The summed E-state index contributed by atoms with van der Waals surface area (Å²) in [6, 6.07) is 6.94. The lowest BCUT2D eigenvalue weighted by Crippen LogP contribution is -2.48. The van der Waals surface area contributed by atoms with E-state index in [-0.39, 0.29) is 36.2 Å². The van der Waals surface area contributed by atoms with E-state index in [1.807, 2.05) is 0 Å². The molecule has 2 amide bonds. The molecule has 0 radical (unpaired) electrons. The zero-order chi connectivity index (χ0) is 30.7. The van der Waals surface area contributed by atoms with Crippen molar-refractivity contribution < 1.29 is 28.2 Å². The summed E-state index contributed by atoms with van der Waals surface area (Å²) < 4.78 is 35.6. The molecule has 3 atom stereocenters. The summed E-state index contributed by atoms with van der Waals surface area (Å²) in [5.41, 5.74) is 8.55. The number of imidazole rings is 1. The summed E-state index contributed by atoms with van der Waals surface area (Å²) >= 11 is 0. The van der Waals surface area contributed by atoms with E-state index in [1.165, 1.54) is 31.6 Å². The van der Waals surface area contributed by atoms with Crippen LogP contribution in [0.25, 0.3) is 16.9 Å². The molecule has 0 bridgehead atoms. The molecule has 7 N–H and O–H groups in total. The van der Waals surface area contributed by atoms with E-state index in [2.05, 4.69) is 31.2 Å². The maximum absolute atomic E-state index is 14.8. The molecule has 1 saturated heterocycles. The van der Waals surface area contributed by atoms with Gasteiger partial charge in [0, 0.05) is 54.9 Å². The van der Waals surface area contributed by atoms with Gasteiger partial charge in [-0.2, -0.15) is 4.39 Å². The first kappa shape index (κ1) is 29.8. The van der Waals surface area contributed by atoms with E-state index in [9.17, 15) is 23.5 Å². The van der Waals surface area contributed by atoms with E-state index >= 15 is 0 Å². The smallest absolute Gasteiger partial charge is 0.251 e. The van der Waals surface area contributed by atoms with Crippen LogP contribution in [0.15, 0.2) is 48.9 Å². The maximum atomic E-state index is 14.8. The van der Waals surface area contributed by atoms with Gasteiger partial charge in [0.1, 0.15) is 0 Å². The van der Waals surface area contributed by atoms with E-state index in [0.29, 0.717) is 46.9 Å². The van der Waals surface area contributed by atoms with E-state index in [4.69, 9.17) is 10.5 Å². The lowest BCUT2D eigenvalue weighted by atomic mass is 10.1. The predicted octanol–water partition coefficient (Wildman–Crippen LogP) is 1.63. The molecule has 2 aromatic carbocycles. The van der Waals surface area contributed by atoms with Gasteiger partial charge in [-0.05, 0) is 49.2 Å². The Kier molecular flexibility index (Phi) is 8.80. The molecule has 4 aromatic rings. The molecular weight excluding hydrogens is 562 g/mol. The van der Waals surface area contributed by atoms with Crippen LogP contribution in [0.2, 0.25) is 0 Å². The maximum Gasteiger partial charge on any atom is 0.251 e. The summed E-state index contributed by atoms with van der Waals surface area (Å²) in [6.45, 7) is 2.47. The van der Waals surface area contributed by atoms with Gasteiger partial charge in [0.15, 0.2) is 23.0 Å². The third-order valence-corrected chi connectivity index (χ3v) is 7.19. The number of hydrogen-bond donors (Lipinski definition) is 6. The van der Waals surface area contributed by atoms with E-state index in [0.717, 1.165) is 0 Å². The predicted molar refractivity (Wildman–Crippen MR) is 155 cm³/mol. The van der Waals surface area contributed by atoms with Gasteiger partial charge in [0.25, 0.3) is 5.91 Å². The number of carbonyl (C=O) groups is 2. The first-order valence-electron chi connectivity index (χ1n) is 13.6. The van der Waals surface area contributed by atoms with Crippen molar-refractivity contribution in [2.75, 3.05) is 32.1 Å². The number of aromatic nitrogens is 3. The van der Waals surface area contributed by atoms with Crippen molar-refractivity contribution in [3.63, 3.8) is 0 Å². The monoisotopic (exact) mass is 594 g/mol. The van der Waals surface area contributed by atoms with Crippen LogP contribution in [-0.2, 0) is 4.79 Å². The highest BCUT2D eigenvalue weighted by atomic mass is 19.2. The number of benzene rings is 2. The number of methoxy groups -OCH3 is 1. The second kappa shape index (κ2) is 12.7. The van der Waals surface area contributed by atoms with E-state index in [1.54, 1.807) is 35.7 Å². The highest BCUT2D eigenvalue weighted by molar-refractivity contribution is 5.96. The van der Waals surface area contributed by atoms with Crippen molar-refractivity contribution in [2.45, 2.75) is 31.5 Å². The number of aliphatic hydroxyl groups is 1.